The van der Waals surface area contributed by atoms with E-state index in [1.54, 1.807) is 44.5 Å². The molecule has 8 atom stereocenters. The topological polar surface area (TPSA) is 282 Å². The Morgan fingerprint density at radius 2 is 1.41 bits per heavy atom. The fraction of sp³-hybridized carbons (Fsp3) is 0.675. The first-order chi connectivity index (χ1) is 27.9. The molecule has 0 spiro atoms. The molecule has 1 aliphatic rings. The largest absolute Gasteiger partial charge is 0.481 e. The molecule has 0 saturated heterocycles. The Bertz CT molecular complexity index is 1580. The van der Waals surface area contributed by atoms with E-state index in [-0.39, 0.29) is 18.3 Å². The van der Waals surface area contributed by atoms with E-state index in [2.05, 4.69) is 36.9 Å². The molecular weight excluding hydrogens is 787 g/mol. The van der Waals surface area contributed by atoms with Gasteiger partial charge in [0.05, 0.1) is 18.6 Å². The van der Waals surface area contributed by atoms with Gasteiger partial charge in [0.2, 0.25) is 35.4 Å². The summed E-state index contributed by atoms with van der Waals surface area (Å²) in [4.78, 5) is 108. The minimum atomic E-state index is -1.57. The molecule has 330 valence electrons. The summed E-state index contributed by atoms with van der Waals surface area (Å²) in [6.45, 7) is 10.1. The van der Waals surface area contributed by atoms with E-state index in [1.165, 1.54) is 11.3 Å². The van der Waals surface area contributed by atoms with Crippen LogP contribution in [0.2, 0.25) is 0 Å². The molecule has 1 fully saturated rings. The molecule has 1 aromatic rings. The molecule has 0 bridgehead atoms. The SMILES string of the molecule is CC[C@H](NC(=O)[C@@H](NC(=O)[C@@H](NC(=O)[C@H](CC(C)C)NC(=O)[C@@H](CCC(=O)O)NC(=O)[C@H](CC(=O)O)NC(C)=O)[C@@H](C)CC)C1CCCCC1)C(O)/C=C/c1nccs1. The highest BCUT2D eigenvalue weighted by Gasteiger charge is 2.38. The van der Waals surface area contributed by atoms with Gasteiger partial charge in [-0.3, -0.25) is 38.4 Å². The van der Waals surface area contributed by atoms with Gasteiger partial charge in [-0.05, 0) is 55.9 Å². The van der Waals surface area contributed by atoms with Crippen LogP contribution in [-0.4, -0.2) is 110 Å². The van der Waals surface area contributed by atoms with Gasteiger partial charge in [-0.1, -0.05) is 66.4 Å². The number of aliphatic hydroxyl groups is 1. The summed E-state index contributed by atoms with van der Waals surface area (Å²) in [6, 6.07) is -7.16. The Balaban J connectivity index is 2.34. The number of carbonyl (C=O) groups excluding carboxylic acids is 6. The second-order valence-corrected chi connectivity index (χ2v) is 16.5. The van der Waals surface area contributed by atoms with Crippen LogP contribution in [0.3, 0.4) is 0 Å². The molecule has 1 unspecified atom stereocenters. The van der Waals surface area contributed by atoms with Crippen LogP contribution in [0.4, 0.5) is 0 Å². The number of hydrogen-bond acceptors (Lipinski definition) is 11. The molecule has 0 aliphatic heterocycles. The average molecular weight is 850 g/mol. The summed E-state index contributed by atoms with van der Waals surface area (Å²) in [6.07, 6.45) is 7.05. The highest BCUT2D eigenvalue weighted by atomic mass is 32.1. The monoisotopic (exact) mass is 849 g/mol. The van der Waals surface area contributed by atoms with Crippen molar-refractivity contribution in [2.24, 2.45) is 17.8 Å². The first-order valence-electron chi connectivity index (χ1n) is 20.3. The lowest BCUT2D eigenvalue weighted by Gasteiger charge is -2.34. The van der Waals surface area contributed by atoms with Crippen LogP contribution in [0.15, 0.2) is 17.7 Å². The van der Waals surface area contributed by atoms with E-state index in [0.717, 1.165) is 26.2 Å². The van der Waals surface area contributed by atoms with Crippen LogP contribution in [0, 0.1) is 17.8 Å². The number of nitrogens with zero attached hydrogens (tertiary/aromatic N) is 1. The first kappa shape index (κ1) is 50.2. The lowest BCUT2D eigenvalue weighted by molar-refractivity contribution is -0.141. The lowest BCUT2D eigenvalue weighted by Crippen LogP contribution is -2.61. The molecule has 1 aliphatic carbocycles. The normalized spacial score (nSPS) is 17.3. The van der Waals surface area contributed by atoms with Gasteiger partial charge < -0.3 is 47.2 Å². The number of amides is 6. The number of thiazole rings is 1. The van der Waals surface area contributed by atoms with E-state index in [0.29, 0.717) is 30.7 Å². The third-order valence-corrected chi connectivity index (χ3v) is 11.0. The Labute approximate surface area is 349 Å². The zero-order valence-electron chi connectivity index (χ0n) is 34.8. The fourth-order valence-electron chi connectivity index (χ4n) is 6.81. The van der Waals surface area contributed by atoms with Gasteiger partial charge in [-0.15, -0.1) is 11.3 Å². The number of rotatable bonds is 25. The van der Waals surface area contributed by atoms with Gasteiger partial charge in [0, 0.05) is 24.9 Å². The van der Waals surface area contributed by atoms with Gasteiger partial charge >= 0.3 is 11.9 Å². The summed E-state index contributed by atoms with van der Waals surface area (Å²) in [7, 11) is 0. The molecule has 1 aromatic heterocycles. The molecule has 1 heterocycles. The van der Waals surface area contributed by atoms with E-state index < -0.39 is 115 Å². The molecule has 0 aromatic carbocycles. The van der Waals surface area contributed by atoms with E-state index in [1.807, 2.05) is 13.8 Å². The maximum atomic E-state index is 14.2. The Morgan fingerprint density at radius 1 is 0.780 bits per heavy atom. The zero-order valence-corrected chi connectivity index (χ0v) is 35.6. The van der Waals surface area contributed by atoms with Gasteiger partial charge in [0.1, 0.15) is 35.2 Å². The van der Waals surface area contributed by atoms with Crippen LogP contribution in [-0.2, 0) is 38.4 Å². The average Bonchev–Trinajstić information content (AvgIpc) is 3.71. The summed E-state index contributed by atoms with van der Waals surface area (Å²) < 4.78 is 0. The zero-order chi connectivity index (χ0) is 44.2. The Kier molecular flexibility index (Phi) is 21.8. The maximum Gasteiger partial charge on any atom is 0.305 e. The minimum absolute atomic E-state index is 0.0738. The van der Waals surface area contributed by atoms with Gasteiger partial charge in [-0.25, -0.2) is 4.98 Å². The lowest BCUT2D eigenvalue weighted by atomic mass is 9.83. The number of nitrogens with one attached hydrogen (secondary N) is 6. The van der Waals surface area contributed by atoms with Gasteiger partial charge in [0.25, 0.3) is 0 Å². The molecule has 9 N–H and O–H groups in total. The van der Waals surface area contributed by atoms with Crippen LogP contribution >= 0.6 is 11.3 Å². The third kappa shape index (κ3) is 17.9. The molecule has 59 heavy (non-hydrogen) atoms. The molecule has 2 rings (SSSR count). The van der Waals surface area contributed by atoms with Crippen molar-refractivity contribution in [1.82, 2.24) is 36.9 Å². The maximum absolute atomic E-state index is 14.2. The standard InChI is InChI=1S/C40H63N7O11S/c1-7-23(5)34(39(57)47-35(25-12-10-9-11-13-25)40(58)43-26(8-2)30(49)15-16-31-41-18-19-59-31)46-38(56)28(20-22(3)4)45-36(54)27(14-17-32(50)51)44-37(55)29(21-33(52)53)42-24(6)48/h15-16,18-19,22-23,25-30,34-35,49H,7-14,17,20-21H2,1-6H3,(H,42,48)(H,43,58)(H,44,55)(H,45,54)(H,46,56)(H,47,57)(H,50,51)(H,52,53)/b16-15+/t23-,26-,27+,28-,29-,30?,34-,35-/m0/s1. The fourth-order valence-corrected chi connectivity index (χ4v) is 7.35. The summed E-state index contributed by atoms with van der Waals surface area (Å²) in [5, 5.41) is 47.7. The third-order valence-electron chi connectivity index (χ3n) is 10.3. The second kappa shape index (κ2) is 25.5. The molecule has 19 heteroatoms. The molecule has 18 nitrogen and oxygen atoms in total. The molecule has 6 amide bonds. The predicted octanol–water partition coefficient (Wildman–Crippen LogP) is 1.87. The Hall–Kier alpha value is -4.91. The predicted molar refractivity (Wildman–Crippen MR) is 219 cm³/mol. The second-order valence-electron chi connectivity index (χ2n) is 15.5. The summed E-state index contributed by atoms with van der Waals surface area (Å²) in [5.41, 5.74) is 0. The summed E-state index contributed by atoms with van der Waals surface area (Å²) in [5.74, 6) is -8.02. The number of aliphatic carboxylic acids is 2. The molecule has 1 saturated carbocycles. The molecule has 0 radical (unpaired) electrons. The van der Waals surface area contributed by atoms with Crippen LogP contribution < -0.4 is 31.9 Å². The van der Waals surface area contributed by atoms with Crippen molar-refractivity contribution in [3.05, 3.63) is 22.7 Å². The summed E-state index contributed by atoms with van der Waals surface area (Å²) >= 11 is 1.40. The van der Waals surface area contributed by atoms with Crippen LogP contribution in [0.1, 0.15) is 117 Å². The Morgan fingerprint density at radius 3 is 1.95 bits per heavy atom. The van der Waals surface area contributed by atoms with Crippen molar-refractivity contribution in [2.75, 3.05) is 0 Å². The number of hydrogen-bond donors (Lipinski definition) is 9. The first-order valence-corrected chi connectivity index (χ1v) is 21.2. The van der Waals surface area contributed by atoms with Crippen molar-refractivity contribution < 1.29 is 53.7 Å². The van der Waals surface area contributed by atoms with Crippen molar-refractivity contribution >= 4 is 64.8 Å². The quantitative estimate of drug-likeness (QED) is 0.0682. The molecular formula is C40H63N7O11S. The number of aromatic nitrogens is 1. The number of carboxylic acids is 2. The van der Waals surface area contributed by atoms with Crippen LogP contribution in [0.5, 0.6) is 0 Å². The highest BCUT2D eigenvalue weighted by Crippen LogP contribution is 2.27. The van der Waals surface area contributed by atoms with Crippen molar-refractivity contribution in [2.45, 2.75) is 155 Å². The highest BCUT2D eigenvalue weighted by molar-refractivity contribution is 7.10. The van der Waals surface area contributed by atoms with Crippen molar-refractivity contribution in [3.8, 4) is 0 Å². The number of aliphatic hydroxyl groups excluding tert-OH is 1. The van der Waals surface area contributed by atoms with E-state index >= 15 is 0 Å². The smallest absolute Gasteiger partial charge is 0.305 e. The van der Waals surface area contributed by atoms with Crippen molar-refractivity contribution in [1.29, 1.82) is 0 Å². The number of carboxylic acid groups (broad SMARTS) is 2. The van der Waals surface area contributed by atoms with Crippen LogP contribution in [0.25, 0.3) is 6.08 Å². The van der Waals surface area contributed by atoms with Gasteiger partial charge in [-0.2, -0.15) is 0 Å². The van der Waals surface area contributed by atoms with E-state index in [9.17, 15) is 53.7 Å². The minimum Gasteiger partial charge on any atom is -0.481 e. The van der Waals surface area contributed by atoms with Crippen molar-refractivity contribution in [3.63, 3.8) is 0 Å². The van der Waals surface area contributed by atoms with Gasteiger partial charge in [0.15, 0.2) is 0 Å². The van der Waals surface area contributed by atoms with E-state index in [4.69, 9.17) is 0 Å². The number of carbonyl (C=O) groups is 8.